The summed E-state index contributed by atoms with van der Waals surface area (Å²) in [5, 5.41) is 32.9. The van der Waals surface area contributed by atoms with Crippen LogP contribution in [0.2, 0.25) is 0 Å². The molecule has 0 bridgehead atoms. The zero-order chi connectivity index (χ0) is 18.0. The van der Waals surface area contributed by atoms with Crippen molar-refractivity contribution in [3.05, 3.63) is 41.1 Å². The number of hydrogen-bond donors (Lipinski definition) is 2. The Morgan fingerprint density at radius 2 is 1.75 bits per heavy atom. The Balaban J connectivity index is 2.24. The van der Waals surface area contributed by atoms with Crippen molar-refractivity contribution in [2.45, 2.75) is 58.1 Å². The number of aliphatic hydroxyl groups is 2. The molecule has 1 aromatic rings. The molecule has 7 nitrogen and oxygen atoms in total. The smallest absolute Gasteiger partial charge is 0.338 e. The Hall–Kier alpha value is -2.12. The van der Waals surface area contributed by atoms with E-state index in [1.54, 1.807) is 30.3 Å². The van der Waals surface area contributed by atoms with Gasteiger partial charge in [0.25, 0.3) is 0 Å². The standard InChI is InChI=1S/C17H24N2O5/c1-10(2)18(11(3)4)17(22)13-15(21)16(24-19(13)23)14(20)12-8-6-5-7-9-12/h5-11,14-16,20-21H,1-4H3/t14-,15-,16-/m0/s1. The summed E-state index contributed by atoms with van der Waals surface area (Å²) in [7, 11) is 0. The predicted octanol–water partition coefficient (Wildman–Crippen LogP) is 0.991. The van der Waals surface area contributed by atoms with Crippen LogP contribution < -0.4 is 0 Å². The first-order valence-corrected chi connectivity index (χ1v) is 8.00. The molecular weight excluding hydrogens is 312 g/mol. The van der Waals surface area contributed by atoms with Gasteiger partial charge in [-0.15, -0.1) is 0 Å². The van der Waals surface area contributed by atoms with Gasteiger partial charge in [0.15, 0.2) is 6.10 Å². The van der Waals surface area contributed by atoms with E-state index in [0.29, 0.717) is 5.56 Å². The molecule has 2 rings (SSSR count). The van der Waals surface area contributed by atoms with Crippen molar-refractivity contribution < 1.29 is 24.7 Å². The maximum absolute atomic E-state index is 12.7. The van der Waals surface area contributed by atoms with Crippen LogP contribution in [0.1, 0.15) is 39.4 Å². The van der Waals surface area contributed by atoms with Crippen LogP contribution in [-0.4, -0.2) is 55.9 Å². The van der Waals surface area contributed by atoms with Gasteiger partial charge in [-0.1, -0.05) is 30.3 Å². The molecule has 1 aliphatic rings. The van der Waals surface area contributed by atoms with Crippen LogP contribution in [-0.2, 0) is 9.63 Å². The van der Waals surface area contributed by atoms with Gasteiger partial charge in [0.1, 0.15) is 6.10 Å². The lowest BCUT2D eigenvalue weighted by Crippen LogP contribution is -2.50. The highest BCUT2D eigenvalue weighted by Crippen LogP contribution is 2.26. The zero-order valence-corrected chi connectivity index (χ0v) is 14.3. The highest BCUT2D eigenvalue weighted by Gasteiger charge is 2.48. The molecular formula is C17H24N2O5. The molecule has 0 saturated heterocycles. The van der Waals surface area contributed by atoms with E-state index in [4.69, 9.17) is 4.84 Å². The van der Waals surface area contributed by atoms with Crippen molar-refractivity contribution in [1.29, 1.82) is 0 Å². The van der Waals surface area contributed by atoms with Crippen molar-refractivity contribution in [3.63, 3.8) is 0 Å². The minimum atomic E-state index is -1.51. The van der Waals surface area contributed by atoms with Gasteiger partial charge in [-0.3, -0.25) is 10.0 Å². The number of benzene rings is 1. The van der Waals surface area contributed by atoms with E-state index in [0.717, 1.165) is 0 Å². The van der Waals surface area contributed by atoms with E-state index < -0.39 is 29.9 Å². The van der Waals surface area contributed by atoms with E-state index in [2.05, 4.69) is 0 Å². The molecule has 0 spiro atoms. The molecule has 7 heteroatoms. The van der Waals surface area contributed by atoms with E-state index in [1.165, 1.54) is 4.90 Å². The number of carbonyl (C=O) groups is 1. The van der Waals surface area contributed by atoms with E-state index in [-0.39, 0.29) is 17.0 Å². The molecule has 132 valence electrons. The minimum absolute atomic E-state index is 0.0294. The fourth-order valence-corrected chi connectivity index (χ4v) is 2.96. The molecule has 3 atom stereocenters. The van der Waals surface area contributed by atoms with Crippen LogP contribution in [0.15, 0.2) is 30.3 Å². The molecule has 0 saturated carbocycles. The van der Waals surface area contributed by atoms with Crippen molar-refractivity contribution in [1.82, 2.24) is 4.90 Å². The molecule has 1 aliphatic heterocycles. The highest BCUT2D eigenvalue weighted by atomic mass is 16.9. The second-order valence-corrected chi connectivity index (χ2v) is 6.41. The Labute approximate surface area is 141 Å². The van der Waals surface area contributed by atoms with Crippen molar-refractivity contribution in [2.24, 2.45) is 0 Å². The quantitative estimate of drug-likeness (QED) is 0.782. The lowest BCUT2D eigenvalue weighted by atomic mass is 9.97. The molecule has 2 N–H and O–H groups in total. The van der Waals surface area contributed by atoms with Crippen LogP contribution in [0.25, 0.3) is 0 Å². The summed E-state index contributed by atoms with van der Waals surface area (Å²) in [6.07, 6.45) is -3.97. The molecule has 0 radical (unpaired) electrons. The molecule has 0 aliphatic carbocycles. The van der Waals surface area contributed by atoms with Crippen LogP contribution in [0.4, 0.5) is 0 Å². The minimum Gasteiger partial charge on any atom is -0.393 e. The van der Waals surface area contributed by atoms with Gasteiger partial charge in [-0.05, 0) is 33.3 Å². The fourth-order valence-electron chi connectivity index (χ4n) is 2.96. The van der Waals surface area contributed by atoms with E-state index in [1.807, 2.05) is 27.7 Å². The lowest BCUT2D eigenvalue weighted by molar-refractivity contribution is -0.742. The summed E-state index contributed by atoms with van der Waals surface area (Å²) in [4.78, 5) is 19.2. The number of aliphatic hydroxyl groups excluding tert-OH is 2. The second kappa shape index (κ2) is 7.19. The molecule has 24 heavy (non-hydrogen) atoms. The normalized spacial score (nSPS) is 22.0. The maximum Gasteiger partial charge on any atom is 0.338 e. The highest BCUT2D eigenvalue weighted by molar-refractivity contribution is 6.38. The van der Waals surface area contributed by atoms with Crippen LogP contribution in [0, 0.1) is 5.21 Å². The largest absolute Gasteiger partial charge is 0.393 e. The van der Waals surface area contributed by atoms with Crippen LogP contribution >= 0.6 is 0 Å². The summed E-state index contributed by atoms with van der Waals surface area (Å²) >= 11 is 0. The second-order valence-electron chi connectivity index (χ2n) is 6.41. The first kappa shape index (κ1) is 18.2. The van der Waals surface area contributed by atoms with Gasteiger partial charge in [0, 0.05) is 12.1 Å². The maximum atomic E-state index is 12.7. The summed E-state index contributed by atoms with van der Waals surface area (Å²) in [5.41, 5.74) is 0.0885. The third-order valence-corrected chi connectivity index (χ3v) is 4.02. The van der Waals surface area contributed by atoms with Crippen LogP contribution in [0.5, 0.6) is 0 Å². The van der Waals surface area contributed by atoms with Crippen molar-refractivity contribution >= 4 is 11.6 Å². The fraction of sp³-hybridized carbons (Fsp3) is 0.529. The van der Waals surface area contributed by atoms with Gasteiger partial charge in [-0.25, -0.2) is 0 Å². The first-order chi connectivity index (χ1) is 11.3. The molecule has 1 heterocycles. The third kappa shape index (κ3) is 3.37. The number of rotatable bonds is 5. The topological polar surface area (TPSA) is 96.1 Å². The average molecular weight is 336 g/mol. The monoisotopic (exact) mass is 336 g/mol. The predicted molar refractivity (Wildman–Crippen MR) is 88.0 cm³/mol. The number of amides is 1. The van der Waals surface area contributed by atoms with Crippen molar-refractivity contribution in [2.75, 3.05) is 0 Å². The van der Waals surface area contributed by atoms with Gasteiger partial charge in [0.2, 0.25) is 0 Å². The third-order valence-electron chi connectivity index (χ3n) is 4.02. The Kier molecular flexibility index (Phi) is 5.46. The summed E-state index contributed by atoms with van der Waals surface area (Å²) < 4.78 is 0. The van der Waals surface area contributed by atoms with Gasteiger partial charge in [0.05, 0.1) is 11.0 Å². The van der Waals surface area contributed by atoms with E-state index in [9.17, 15) is 20.2 Å². The number of carbonyl (C=O) groups excluding carboxylic acids is 1. The van der Waals surface area contributed by atoms with Gasteiger partial charge >= 0.3 is 11.6 Å². The Bertz CT molecular complexity index is 607. The van der Waals surface area contributed by atoms with Gasteiger partial charge in [-0.2, -0.15) is 0 Å². The zero-order valence-electron chi connectivity index (χ0n) is 14.3. The summed E-state index contributed by atoms with van der Waals surface area (Å²) in [6.45, 7) is 7.30. The lowest BCUT2D eigenvalue weighted by Gasteiger charge is -2.29. The Morgan fingerprint density at radius 1 is 1.21 bits per heavy atom. The summed E-state index contributed by atoms with van der Waals surface area (Å²) in [6, 6.07) is 8.25. The van der Waals surface area contributed by atoms with Gasteiger partial charge < -0.3 is 20.0 Å². The molecule has 0 fully saturated rings. The SMILES string of the molecule is CC(C)N(C(=O)C1=[N+]([O-])O[C@@H]([C@@H](O)c2ccccc2)[C@H]1O)C(C)C. The van der Waals surface area contributed by atoms with Crippen LogP contribution in [0.3, 0.4) is 0 Å². The van der Waals surface area contributed by atoms with Crippen molar-refractivity contribution in [3.8, 4) is 0 Å². The molecule has 0 aromatic heterocycles. The molecule has 1 aromatic carbocycles. The average Bonchev–Trinajstić information content (AvgIpc) is 2.81. The first-order valence-electron chi connectivity index (χ1n) is 8.00. The number of nitrogens with zero attached hydrogens (tertiary/aromatic N) is 2. The summed E-state index contributed by atoms with van der Waals surface area (Å²) in [5.74, 6) is -0.592. The Morgan fingerprint density at radius 3 is 2.25 bits per heavy atom. The van der Waals surface area contributed by atoms with E-state index >= 15 is 0 Å². The number of hydrogen-bond acceptors (Lipinski definition) is 5. The molecule has 0 unspecified atom stereocenters. The molecule has 1 amide bonds.